The lowest BCUT2D eigenvalue weighted by Crippen LogP contribution is -2.34. The number of carbonyl (C=O) groups excluding carboxylic acids is 1. The van der Waals surface area contributed by atoms with Crippen molar-refractivity contribution < 1.29 is 9.72 Å². The molecule has 1 N–H and O–H groups in total. The standard InChI is InChI=1S/C20H21Cl2N3O3/c1-13-3-2-8-24(12-13)18-7-5-15(10-19(18)25(27)28)20(26)23-11-14-4-6-16(21)17(22)9-14/h4-7,9-10,13H,2-3,8,11-12H2,1H3,(H,23,26)/t13-/m1/s1. The van der Waals surface area contributed by atoms with Gasteiger partial charge in [-0.15, -0.1) is 0 Å². The lowest BCUT2D eigenvalue weighted by molar-refractivity contribution is -0.384. The third-order valence-corrected chi connectivity index (χ3v) is 5.61. The van der Waals surface area contributed by atoms with Crippen molar-refractivity contribution >= 4 is 40.5 Å². The number of benzene rings is 2. The zero-order valence-corrected chi connectivity index (χ0v) is 17.0. The fraction of sp³-hybridized carbons (Fsp3) is 0.350. The smallest absolute Gasteiger partial charge is 0.293 e. The van der Waals surface area contributed by atoms with Crippen LogP contribution in [0.4, 0.5) is 11.4 Å². The molecule has 1 amide bonds. The van der Waals surface area contributed by atoms with Crippen molar-refractivity contribution in [2.24, 2.45) is 5.92 Å². The zero-order chi connectivity index (χ0) is 20.3. The Labute approximate surface area is 173 Å². The van der Waals surface area contributed by atoms with E-state index in [0.29, 0.717) is 21.7 Å². The van der Waals surface area contributed by atoms with E-state index in [0.717, 1.165) is 31.5 Å². The highest BCUT2D eigenvalue weighted by Crippen LogP contribution is 2.32. The number of hydrogen-bond acceptors (Lipinski definition) is 4. The maximum absolute atomic E-state index is 12.5. The van der Waals surface area contributed by atoms with Crippen LogP contribution in [0.2, 0.25) is 10.0 Å². The Morgan fingerprint density at radius 1 is 1.25 bits per heavy atom. The Hall–Kier alpha value is -2.31. The van der Waals surface area contributed by atoms with Gasteiger partial charge in [0.15, 0.2) is 0 Å². The molecule has 1 aliphatic rings. The van der Waals surface area contributed by atoms with Crippen molar-refractivity contribution in [3.05, 3.63) is 67.7 Å². The third-order valence-electron chi connectivity index (χ3n) is 4.87. The normalized spacial score (nSPS) is 16.7. The minimum absolute atomic E-state index is 0.0451. The van der Waals surface area contributed by atoms with Gasteiger partial charge in [-0.2, -0.15) is 0 Å². The minimum atomic E-state index is -0.426. The summed E-state index contributed by atoms with van der Waals surface area (Å²) in [4.78, 5) is 25.7. The molecule has 0 aliphatic carbocycles. The summed E-state index contributed by atoms with van der Waals surface area (Å²) in [7, 11) is 0. The highest BCUT2D eigenvalue weighted by atomic mass is 35.5. The first-order valence-corrected chi connectivity index (χ1v) is 9.86. The Kier molecular flexibility index (Phi) is 6.42. The molecule has 148 valence electrons. The van der Waals surface area contributed by atoms with Crippen LogP contribution in [0, 0.1) is 16.0 Å². The Morgan fingerprint density at radius 3 is 2.71 bits per heavy atom. The van der Waals surface area contributed by atoms with Crippen LogP contribution in [0.3, 0.4) is 0 Å². The summed E-state index contributed by atoms with van der Waals surface area (Å²) in [6, 6.07) is 9.74. The molecule has 0 spiro atoms. The zero-order valence-electron chi connectivity index (χ0n) is 15.5. The number of nitro groups is 1. The topological polar surface area (TPSA) is 75.5 Å². The van der Waals surface area contributed by atoms with Gasteiger partial charge in [-0.25, -0.2) is 0 Å². The first-order valence-electron chi connectivity index (χ1n) is 9.10. The number of piperidine rings is 1. The number of hydrogen-bond donors (Lipinski definition) is 1. The molecule has 0 radical (unpaired) electrons. The van der Waals surface area contributed by atoms with Gasteiger partial charge in [-0.3, -0.25) is 14.9 Å². The van der Waals surface area contributed by atoms with Crippen molar-refractivity contribution in [3.63, 3.8) is 0 Å². The first-order chi connectivity index (χ1) is 13.3. The van der Waals surface area contributed by atoms with Crippen LogP contribution in [0.15, 0.2) is 36.4 Å². The van der Waals surface area contributed by atoms with Crippen molar-refractivity contribution in [2.75, 3.05) is 18.0 Å². The number of nitrogens with one attached hydrogen (secondary N) is 1. The van der Waals surface area contributed by atoms with Gasteiger partial charge in [0.25, 0.3) is 11.6 Å². The third kappa shape index (κ3) is 4.75. The Morgan fingerprint density at radius 2 is 2.04 bits per heavy atom. The SMILES string of the molecule is C[C@@H]1CCCN(c2ccc(C(=O)NCc3ccc(Cl)c(Cl)c3)cc2[N+](=O)[O-])C1. The summed E-state index contributed by atoms with van der Waals surface area (Å²) in [5.74, 6) is 0.107. The number of nitrogens with zero attached hydrogens (tertiary/aromatic N) is 2. The van der Waals surface area contributed by atoms with E-state index in [1.807, 2.05) is 4.90 Å². The molecule has 2 aromatic rings. The summed E-state index contributed by atoms with van der Waals surface area (Å²) < 4.78 is 0. The second-order valence-corrected chi connectivity index (χ2v) is 7.90. The molecule has 1 heterocycles. The van der Waals surface area contributed by atoms with Gasteiger partial charge < -0.3 is 10.2 Å². The van der Waals surface area contributed by atoms with Gasteiger partial charge in [0.1, 0.15) is 5.69 Å². The second-order valence-electron chi connectivity index (χ2n) is 7.09. The van der Waals surface area contributed by atoms with E-state index < -0.39 is 4.92 Å². The van der Waals surface area contributed by atoms with Gasteiger partial charge in [-0.1, -0.05) is 36.2 Å². The molecule has 1 fully saturated rings. The molecule has 3 rings (SSSR count). The molecule has 0 unspecified atom stereocenters. The highest BCUT2D eigenvalue weighted by molar-refractivity contribution is 6.42. The maximum Gasteiger partial charge on any atom is 0.293 e. The number of rotatable bonds is 5. The molecule has 28 heavy (non-hydrogen) atoms. The summed E-state index contributed by atoms with van der Waals surface area (Å²) in [6.45, 7) is 3.95. The summed E-state index contributed by atoms with van der Waals surface area (Å²) >= 11 is 11.9. The van der Waals surface area contributed by atoms with Crippen LogP contribution in [0.5, 0.6) is 0 Å². The van der Waals surface area contributed by atoms with Gasteiger partial charge >= 0.3 is 0 Å². The Bertz CT molecular complexity index is 904. The Balaban J connectivity index is 1.76. The maximum atomic E-state index is 12.5. The van der Waals surface area contributed by atoms with Gasteiger partial charge in [0.05, 0.1) is 15.0 Å². The minimum Gasteiger partial charge on any atom is -0.366 e. The molecule has 8 heteroatoms. The highest BCUT2D eigenvalue weighted by Gasteiger charge is 2.25. The molecule has 0 bridgehead atoms. The number of nitro benzene ring substituents is 1. The number of anilines is 1. The monoisotopic (exact) mass is 421 g/mol. The lowest BCUT2D eigenvalue weighted by atomic mass is 9.99. The van der Waals surface area contributed by atoms with E-state index in [1.165, 1.54) is 6.07 Å². The predicted molar refractivity (Wildman–Crippen MR) is 111 cm³/mol. The molecule has 0 saturated carbocycles. The quantitative estimate of drug-likeness (QED) is 0.539. The van der Waals surface area contributed by atoms with E-state index in [1.54, 1.807) is 30.3 Å². The van der Waals surface area contributed by atoms with Crippen molar-refractivity contribution in [1.82, 2.24) is 5.32 Å². The van der Waals surface area contributed by atoms with Crippen LogP contribution >= 0.6 is 23.2 Å². The van der Waals surface area contributed by atoms with Gasteiger partial charge in [0.2, 0.25) is 0 Å². The number of carbonyl (C=O) groups is 1. The molecule has 1 atom stereocenters. The number of halogens is 2. The molecule has 2 aromatic carbocycles. The summed E-state index contributed by atoms with van der Waals surface area (Å²) in [5.41, 5.74) is 1.56. The first kappa shape index (κ1) is 20.4. The average molecular weight is 422 g/mol. The van der Waals surface area contributed by atoms with Crippen LogP contribution in [0.25, 0.3) is 0 Å². The van der Waals surface area contributed by atoms with Gasteiger partial charge in [-0.05, 0) is 48.6 Å². The predicted octanol–water partition coefficient (Wildman–Crippen LogP) is 5.07. The summed E-state index contributed by atoms with van der Waals surface area (Å²) in [6.07, 6.45) is 2.13. The fourth-order valence-electron chi connectivity index (χ4n) is 3.42. The molecule has 0 aromatic heterocycles. The van der Waals surface area contributed by atoms with Crippen LogP contribution in [0.1, 0.15) is 35.7 Å². The average Bonchev–Trinajstić information content (AvgIpc) is 2.68. The summed E-state index contributed by atoms with van der Waals surface area (Å²) in [5, 5.41) is 15.2. The van der Waals surface area contributed by atoms with Crippen LogP contribution < -0.4 is 10.2 Å². The van der Waals surface area contributed by atoms with E-state index in [-0.39, 0.29) is 23.7 Å². The number of amides is 1. The fourth-order valence-corrected chi connectivity index (χ4v) is 3.74. The molecular weight excluding hydrogens is 401 g/mol. The second kappa shape index (κ2) is 8.80. The lowest BCUT2D eigenvalue weighted by Gasteiger charge is -2.32. The largest absolute Gasteiger partial charge is 0.366 e. The van der Waals surface area contributed by atoms with E-state index >= 15 is 0 Å². The van der Waals surface area contributed by atoms with Crippen molar-refractivity contribution in [2.45, 2.75) is 26.3 Å². The van der Waals surface area contributed by atoms with E-state index in [4.69, 9.17) is 23.2 Å². The van der Waals surface area contributed by atoms with Gasteiger partial charge in [0, 0.05) is 31.3 Å². The van der Waals surface area contributed by atoms with Crippen molar-refractivity contribution in [3.8, 4) is 0 Å². The molecular formula is C20H21Cl2N3O3. The molecule has 6 nitrogen and oxygen atoms in total. The molecule has 1 aliphatic heterocycles. The van der Waals surface area contributed by atoms with E-state index in [9.17, 15) is 14.9 Å². The van der Waals surface area contributed by atoms with Crippen molar-refractivity contribution in [1.29, 1.82) is 0 Å². The van der Waals surface area contributed by atoms with Crippen LogP contribution in [-0.4, -0.2) is 23.9 Å². The van der Waals surface area contributed by atoms with E-state index in [2.05, 4.69) is 12.2 Å². The van der Waals surface area contributed by atoms with Crippen LogP contribution in [-0.2, 0) is 6.54 Å². The molecule has 1 saturated heterocycles.